The first-order valence-corrected chi connectivity index (χ1v) is 6.82. The van der Waals surface area contributed by atoms with Gasteiger partial charge in [-0.3, -0.25) is 10.1 Å². The summed E-state index contributed by atoms with van der Waals surface area (Å²) in [4.78, 5) is 24.6. The molecule has 0 bridgehead atoms. The average molecular weight is 272 g/mol. The summed E-state index contributed by atoms with van der Waals surface area (Å²) in [6.07, 6.45) is 1.98. The van der Waals surface area contributed by atoms with Gasteiger partial charge in [0.2, 0.25) is 5.54 Å². The van der Waals surface area contributed by atoms with E-state index in [0.29, 0.717) is 25.8 Å². The molecule has 1 aliphatic rings. The first-order valence-electron chi connectivity index (χ1n) is 6.82. The highest BCUT2D eigenvalue weighted by molar-refractivity contribution is 5.68. The summed E-state index contributed by atoms with van der Waals surface area (Å²) in [5.41, 5.74) is -1.57. The Labute approximate surface area is 114 Å². The monoisotopic (exact) mass is 272 g/mol. The first kappa shape index (κ1) is 15.7. The Bertz CT molecular complexity index is 347. The number of amides is 1. The number of hydrogen-bond acceptors (Lipinski definition) is 4. The number of hydrogen-bond donors (Lipinski definition) is 0. The Morgan fingerprint density at radius 1 is 1.47 bits per heavy atom. The molecule has 0 aromatic heterocycles. The topological polar surface area (TPSA) is 72.7 Å². The summed E-state index contributed by atoms with van der Waals surface area (Å²) in [6, 6.07) is 0. The molecule has 1 rings (SSSR count). The molecule has 110 valence electrons. The van der Waals surface area contributed by atoms with Gasteiger partial charge in [0.25, 0.3) is 0 Å². The van der Waals surface area contributed by atoms with E-state index in [-0.39, 0.29) is 11.5 Å². The Balaban J connectivity index is 2.77. The molecule has 0 saturated carbocycles. The van der Waals surface area contributed by atoms with Crippen LogP contribution in [-0.4, -0.2) is 40.1 Å². The summed E-state index contributed by atoms with van der Waals surface area (Å²) < 4.78 is 5.29. The fraction of sp³-hybridized carbons (Fsp3) is 0.923. The molecular formula is C13H24N2O4. The molecule has 1 unspecified atom stereocenters. The second-order valence-corrected chi connectivity index (χ2v) is 6.24. The van der Waals surface area contributed by atoms with Crippen LogP contribution in [0.5, 0.6) is 0 Å². The lowest BCUT2D eigenvalue weighted by Gasteiger charge is -2.37. The Hall–Kier alpha value is -1.33. The van der Waals surface area contributed by atoms with E-state index in [2.05, 4.69) is 0 Å². The van der Waals surface area contributed by atoms with Crippen LogP contribution in [0, 0.1) is 10.1 Å². The highest BCUT2D eigenvalue weighted by Crippen LogP contribution is 2.29. The maximum absolute atomic E-state index is 12.0. The molecule has 1 aliphatic heterocycles. The summed E-state index contributed by atoms with van der Waals surface area (Å²) in [6.45, 7) is 8.00. The normalized spacial score (nSPS) is 24.1. The van der Waals surface area contributed by atoms with Crippen LogP contribution < -0.4 is 0 Å². The van der Waals surface area contributed by atoms with Crippen LogP contribution in [-0.2, 0) is 4.74 Å². The zero-order valence-electron chi connectivity index (χ0n) is 12.3. The molecule has 0 spiro atoms. The Morgan fingerprint density at radius 2 is 2.11 bits per heavy atom. The number of carbonyl (C=O) groups excluding carboxylic acids is 1. The van der Waals surface area contributed by atoms with Gasteiger partial charge in [-0.2, -0.15) is 0 Å². The van der Waals surface area contributed by atoms with E-state index in [1.807, 2.05) is 6.92 Å². The zero-order chi connectivity index (χ0) is 14.7. The molecule has 6 heteroatoms. The number of likely N-dealkylation sites (tertiary alicyclic amines) is 1. The van der Waals surface area contributed by atoms with Gasteiger partial charge in [0.1, 0.15) is 5.60 Å². The van der Waals surface area contributed by atoms with E-state index < -0.39 is 17.2 Å². The van der Waals surface area contributed by atoms with E-state index in [4.69, 9.17) is 4.74 Å². The van der Waals surface area contributed by atoms with Crippen LogP contribution in [0.4, 0.5) is 4.79 Å². The van der Waals surface area contributed by atoms with Crippen molar-refractivity contribution < 1.29 is 14.5 Å². The maximum Gasteiger partial charge on any atom is 0.410 e. The molecular weight excluding hydrogens is 248 g/mol. The quantitative estimate of drug-likeness (QED) is 0.585. The minimum atomic E-state index is -0.996. The van der Waals surface area contributed by atoms with Gasteiger partial charge in [-0.1, -0.05) is 6.92 Å². The predicted molar refractivity (Wildman–Crippen MR) is 71.7 cm³/mol. The van der Waals surface area contributed by atoms with Crippen molar-refractivity contribution in [3.8, 4) is 0 Å². The van der Waals surface area contributed by atoms with Crippen LogP contribution in [0.25, 0.3) is 0 Å². The van der Waals surface area contributed by atoms with Gasteiger partial charge in [-0.05, 0) is 33.6 Å². The third-order valence-electron chi connectivity index (χ3n) is 3.31. The number of piperidine rings is 1. The average Bonchev–Trinajstić information content (AvgIpc) is 2.27. The molecule has 0 aromatic rings. The summed E-state index contributed by atoms with van der Waals surface area (Å²) in [5.74, 6) is 0. The molecule has 1 saturated heterocycles. The smallest absolute Gasteiger partial charge is 0.410 e. The van der Waals surface area contributed by atoms with Gasteiger partial charge in [0, 0.05) is 24.3 Å². The largest absolute Gasteiger partial charge is 0.444 e. The minimum Gasteiger partial charge on any atom is -0.444 e. The third-order valence-corrected chi connectivity index (χ3v) is 3.31. The number of rotatable bonds is 3. The van der Waals surface area contributed by atoms with E-state index >= 15 is 0 Å². The lowest BCUT2D eigenvalue weighted by Crippen LogP contribution is -2.55. The number of nitro groups is 1. The zero-order valence-corrected chi connectivity index (χ0v) is 12.3. The Kier molecular flexibility index (Phi) is 4.76. The third kappa shape index (κ3) is 4.08. The summed E-state index contributed by atoms with van der Waals surface area (Å²) in [7, 11) is 0. The van der Waals surface area contributed by atoms with Gasteiger partial charge in [0.15, 0.2) is 0 Å². The van der Waals surface area contributed by atoms with Crippen molar-refractivity contribution in [3.05, 3.63) is 10.1 Å². The number of carbonyl (C=O) groups is 1. The molecule has 0 radical (unpaired) electrons. The van der Waals surface area contributed by atoms with Crippen molar-refractivity contribution in [2.75, 3.05) is 13.1 Å². The van der Waals surface area contributed by atoms with Gasteiger partial charge < -0.3 is 9.64 Å². The lowest BCUT2D eigenvalue weighted by atomic mass is 9.85. The molecule has 1 heterocycles. The van der Waals surface area contributed by atoms with E-state index in [9.17, 15) is 14.9 Å². The second kappa shape index (κ2) is 5.75. The van der Waals surface area contributed by atoms with Crippen molar-refractivity contribution >= 4 is 6.09 Å². The molecule has 19 heavy (non-hydrogen) atoms. The van der Waals surface area contributed by atoms with Crippen molar-refractivity contribution in [2.45, 2.75) is 64.5 Å². The van der Waals surface area contributed by atoms with Gasteiger partial charge in [-0.15, -0.1) is 0 Å². The maximum atomic E-state index is 12.0. The standard InChI is InChI=1S/C13H24N2O4/c1-5-7-13(15(17)18)8-6-9-14(10-13)11(16)19-12(2,3)4/h5-10H2,1-4H3. The fourth-order valence-electron chi connectivity index (χ4n) is 2.50. The van der Waals surface area contributed by atoms with E-state index in [0.717, 1.165) is 6.42 Å². The van der Waals surface area contributed by atoms with Crippen molar-refractivity contribution in [2.24, 2.45) is 0 Å². The highest BCUT2D eigenvalue weighted by Gasteiger charge is 2.47. The number of nitrogens with zero attached hydrogens (tertiary/aromatic N) is 2. The first-order chi connectivity index (χ1) is 8.70. The van der Waals surface area contributed by atoms with E-state index in [1.165, 1.54) is 4.90 Å². The van der Waals surface area contributed by atoms with Crippen LogP contribution in [0.2, 0.25) is 0 Å². The molecule has 0 aliphatic carbocycles. The van der Waals surface area contributed by atoms with Crippen molar-refractivity contribution in [1.82, 2.24) is 4.90 Å². The molecule has 6 nitrogen and oxygen atoms in total. The molecule has 1 amide bonds. The summed E-state index contributed by atoms with van der Waals surface area (Å²) >= 11 is 0. The van der Waals surface area contributed by atoms with Crippen LogP contribution in [0.3, 0.4) is 0 Å². The lowest BCUT2D eigenvalue weighted by molar-refractivity contribution is -0.575. The number of ether oxygens (including phenoxy) is 1. The second-order valence-electron chi connectivity index (χ2n) is 6.24. The minimum absolute atomic E-state index is 0.156. The van der Waals surface area contributed by atoms with Crippen molar-refractivity contribution in [3.63, 3.8) is 0 Å². The van der Waals surface area contributed by atoms with Crippen LogP contribution in [0.15, 0.2) is 0 Å². The molecule has 0 N–H and O–H groups in total. The Morgan fingerprint density at radius 3 is 2.58 bits per heavy atom. The molecule has 1 atom stereocenters. The SMILES string of the molecule is CCCC1([N+](=O)[O-])CCCN(C(=O)OC(C)(C)C)C1. The highest BCUT2D eigenvalue weighted by atomic mass is 16.6. The van der Waals surface area contributed by atoms with Crippen molar-refractivity contribution in [1.29, 1.82) is 0 Å². The molecule has 0 aromatic carbocycles. The summed E-state index contributed by atoms with van der Waals surface area (Å²) in [5, 5.41) is 11.3. The van der Waals surface area contributed by atoms with E-state index in [1.54, 1.807) is 20.8 Å². The fourth-order valence-corrected chi connectivity index (χ4v) is 2.50. The van der Waals surface area contributed by atoms with Gasteiger partial charge >= 0.3 is 6.09 Å². The van der Waals surface area contributed by atoms with Crippen LogP contribution in [0.1, 0.15) is 53.4 Å². The van der Waals surface area contributed by atoms with Crippen LogP contribution >= 0.6 is 0 Å². The predicted octanol–water partition coefficient (Wildman–Crippen LogP) is 2.83. The molecule has 1 fully saturated rings. The van der Waals surface area contributed by atoms with Gasteiger partial charge in [-0.25, -0.2) is 4.79 Å². The van der Waals surface area contributed by atoms with Gasteiger partial charge in [0.05, 0.1) is 6.54 Å².